The first-order valence-corrected chi connectivity index (χ1v) is 10.3. The van der Waals surface area contributed by atoms with Gasteiger partial charge in [-0.1, -0.05) is 48.5 Å². The minimum Gasteiger partial charge on any atom is -0.354 e. The van der Waals surface area contributed by atoms with Crippen LogP contribution in [-0.2, 0) is 6.54 Å². The Bertz CT molecular complexity index is 1050. The highest BCUT2D eigenvalue weighted by molar-refractivity contribution is 6.07. The zero-order valence-electron chi connectivity index (χ0n) is 16.9. The van der Waals surface area contributed by atoms with Gasteiger partial charge in [0.05, 0.1) is 23.6 Å². The van der Waals surface area contributed by atoms with Gasteiger partial charge >= 0.3 is 0 Å². The van der Waals surface area contributed by atoms with Crippen molar-refractivity contribution in [1.29, 1.82) is 5.26 Å². The third-order valence-corrected chi connectivity index (χ3v) is 5.41. The Labute approximate surface area is 176 Å². The first kappa shape index (κ1) is 19.9. The summed E-state index contributed by atoms with van der Waals surface area (Å²) in [5, 5.41) is 12.4. The summed E-state index contributed by atoms with van der Waals surface area (Å²) in [7, 11) is 0. The molecule has 0 atom stereocenters. The molecule has 2 heterocycles. The molecular formula is C24H25N5O. The maximum Gasteiger partial charge on any atom is 0.252 e. The van der Waals surface area contributed by atoms with Crippen molar-refractivity contribution in [3.63, 3.8) is 0 Å². The van der Waals surface area contributed by atoms with E-state index in [9.17, 15) is 4.79 Å². The highest BCUT2D eigenvalue weighted by Gasteiger charge is 2.21. The molecule has 0 unspecified atom stereocenters. The van der Waals surface area contributed by atoms with Gasteiger partial charge in [-0.2, -0.15) is 5.26 Å². The minimum absolute atomic E-state index is 0.159. The van der Waals surface area contributed by atoms with Crippen molar-refractivity contribution >= 4 is 22.6 Å². The monoisotopic (exact) mass is 399 g/mol. The van der Waals surface area contributed by atoms with Crippen LogP contribution >= 0.6 is 0 Å². The summed E-state index contributed by atoms with van der Waals surface area (Å²) in [6.45, 7) is 4.94. The van der Waals surface area contributed by atoms with Crippen LogP contribution in [0, 0.1) is 11.3 Å². The largest absolute Gasteiger partial charge is 0.354 e. The van der Waals surface area contributed by atoms with Gasteiger partial charge in [0.15, 0.2) is 0 Å². The molecule has 0 spiro atoms. The van der Waals surface area contributed by atoms with E-state index in [1.54, 1.807) is 0 Å². The molecule has 0 bridgehead atoms. The number of anilines is 1. The highest BCUT2D eigenvalue weighted by atomic mass is 16.1. The van der Waals surface area contributed by atoms with E-state index < -0.39 is 0 Å². The van der Waals surface area contributed by atoms with Crippen molar-refractivity contribution < 1.29 is 4.79 Å². The third-order valence-electron chi connectivity index (χ3n) is 5.41. The number of carbonyl (C=O) groups excluding carboxylic acids is 1. The van der Waals surface area contributed by atoms with Gasteiger partial charge in [-0.3, -0.25) is 9.69 Å². The van der Waals surface area contributed by atoms with Crippen LogP contribution in [0.3, 0.4) is 0 Å². The number of para-hydroxylation sites is 1. The van der Waals surface area contributed by atoms with Crippen molar-refractivity contribution in [3.8, 4) is 6.07 Å². The first-order valence-electron chi connectivity index (χ1n) is 10.3. The summed E-state index contributed by atoms with van der Waals surface area (Å²) in [6.07, 6.45) is 0.297. The van der Waals surface area contributed by atoms with Crippen LogP contribution in [0.2, 0.25) is 0 Å². The predicted octanol–water partition coefficient (Wildman–Crippen LogP) is 3.20. The number of benzene rings is 2. The fourth-order valence-corrected chi connectivity index (χ4v) is 3.82. The van der Waals surface area contributed by atoms with Gasteiger partial charge in [0, 0.05) is 44.7 Å². The van der Waals surface area contributed by atoms with Crippen molar-refractivity contribution in [2.45, 2.75) is 13.0 Å². The van der Waals surface area contributed by atoms with Crippen LogP contribution in [0.5, 0.6) is 0 Å². The van der Waals surface area contributed by atoms with E-state index in [1.165, 1.54) is 5.56 Å². The number of pyridine rings is 1. The Morgan fingerprint density at radius 3 is 2.53 bits per heavy atom. The molecule has 1 aliphatic heterocycles. The van der Waals surface area contributed by atoms with Crippen molar-refractivity contribution in [3.05, 3.63) is 71.8 Å². The topological polar surface area (TPSA) is 72.3 Å². The molecule has 0 aliphatic carbocycles. The number of hydrogen-bond acceptors (Lipinski definition) is 5. The Morgan fingerprint density at radius 2 is 1.77 bits per heavy atom. The van der Waals surface area contributed by atoms with Gasteiger partial charge in [-0.05, 0) is 17.7 Å². The highest BCUT2D eigenvalue weighted by Crippen LogP contribution is 2.24. The summed E-state index contributed by atoms with van der Waals surface area (Å²) in [5.74, 6) is 0.673. The molecule has 0 radical (unpaired) electrons. The van der Waals surface area contributed by atoms with Crippen molar-refractivity contribution in [1.82, 2.24) is 15.2 Å². The average Bonchev–Trinajstić information content (AvgIpc) is 2.79. The van der Waals surface area contributed by atoms with Crippen LogP contribution < -0.4 is 10.2 Å². The zero-order valence-corrected chi connectivity index (χ0v) is 16.9. The molecule has 6 heteroatoms. The lowest BCUT2D eigenvalue weighted by Crippen LogP contribution is -2.46. The van der Waals surface area contributed by atoms with Gasteiger partial charge in [-0.25, -0.2) is 4.98 Å². The molecule has 1 N–H and O–H groups in total. The number of aromatic nitrogens is 1. The van der Waals surface area contributed by atoms with E-state index in [0.717, 1.165) is 49.4 Å². The van der Waals surface area contributed by atoms with E-state index in [2.05, 4.69) is 45.5 Å². The van der Waals surface area contributed by atoms with Gasteiger partial charge in [0.1, 0.15) is 5.82 Å². The third kappa shape index (κ3) is 4.58. The maximum atomic E-state index is 12.7. The molecule has 1 saturated heterocycles. The second kappa shape index (κ2) is 9.38. The number of piperazine rings is 1. The summed E-state index contributed by atoms with van der Waals surface area (Å²) in [4.78, 5) is 22.3. The van der Waals surface area contributed by atoms with Gasteiger partial charge in [-0.15, -0.1) is 0 Å². The van der Waals surface area contributed by atoms with Crippen LogP contribution in [0.25, 0.3) is 10.9 Å². The van der Waals surface area contributed by atoms with E-state index in [4.69, 9.17) is 10.2 Å². The molecular weight excluding hydrogens is 374 g/mol. The molecule has 1 fully saturated rings. The molecule has 0 saturated carbocycles. The van der Waals surface area contributed by atoms with Crippen LogP contribution in [-0.4, -0.2) is 48.5 Å². The lowest BCUT2D eigenvalue weighted by atomic mass is 10.1. The smallest absolute Gasteiger partial charge is 0.252 e. The van der Waals surface area contributed by atoms with Gasteiger partial charge < -0.3 is 10.2 Å². The molecule has 3 aromatic rings. The van der Waals surface area contributed by atoms with Crippen LogP contribution in [0.15, 0.2) is 60.7 Å². The van der Waals surface area contributed by atoms with Gasteiger partial charge in [0.2, 0.25) is 0 Å². The molecule has 4 rings (SSSR count). The summed E-state index contributed by atoms with van der Waals surface area (Å²) in [5.41, 5.74) is 2.75. The average molecular weight is 399 g/mol. The second-order valence-corrected chi connectivity index (χ2v) is 7.46. The molecule has 1 aromatic heterocycles. The quantitative estimate of drug-likeness (QED) is 0.645. The SMILES string of the molecule is N#CCCNC(=O)c1cc(N2CCN(Cc3ccccc3)CC2)nc2ccccc12. The number of hydrogen-bond donors (Lipinski definition) is 1. The molecule has 6 nitrogen and oxygen atoms in total. The number of nitriles is 1. The standard InChI is InChI=1S/C24H25N5O/c25-11-6-12-26-24(30)21-17-23(27-22-10-5-4-9-20(21)22)29-15-13-28(14-16-29)18-19-7-2-1-3-8-19/h1-5,7-10,17H,6,12-16,18H2,(H,26,30). The second-order valence-electron chi connectivity index (χ2n) is 7.46. The lowest BCUT2D eigenvalue weighted by molar-refractivity contribution is 0.0956. The van der Waals surface area contributed by atoms with E-state index in [1.807, 2.05) is 36.4 Å². The normalized spacial score (nSPS) is 14.4. The Kier molecular flexibility index (Phi) is 6.21. The number of fused-ring (bicyclic) bond motifs is 1. The Morgan fingerprint density at radius 1 is 1.03 bits per heavy atom. The van der Waals surface area contributed by atoms with Gasteiger partial charge in [0.25, 0.3) is 5.91 Å². The Balaban J connectivity index is 1.50. The number of nitrogens with zero attached hydrogens (tertiary/aromatic N) is 4. The molecule has 2 aromatic carbocycles. The van der Waals surface area contributed by atoms with Crippen molar-refractivity contribution in [2.24, 2.45) is 0 Å². The molecule has 1 aliphatic rings. The molecule has 152 valence electrons. The number of amides is 1. The number of nitrogens with one attached hydrogen (secondary N) is 1. The summed E-state index contributed by atoms with van der Waals surface area (Å²) in [6, 6.07) is 22.2. The van der Waals surface area contributed by atoms with Crippen LogP contribution in [0.4, 0.5) is 5.82 Å². The predicted molar refractivity (Wildman–Crippen MR) is 118 cm³/mol. The number of carbonyl (C=O) groups is 1. The first-order chi connectivity index (χ1) is 14.7. The molecule has 30 heavy (non-hydrogen) atoms. The minimum atomic E-state index is -0.159. The number of rotatable bonds is 6. The zero-order chi connectivity index (χ0) is 20.8. The summed E-state index contributed by atoms with van der Waals surface area (Å²) < 4.78 is 0. The fraction of sp³-hybridized carbons (Fsp3) is 0.292. The lowest BCUT2D eigenvalue weighted by Gasteiger charge is -2.35. The summed E-state index contributed by atoms with van der Waals surface area (Å²) >= 11 is 0. The van der Waals surface area contributed by atoms with E-state index in [0.29, 0.717) is 18.5 Å². The fourth-order valence-electron chi connectivity index (χ4n) is 3.82. The Hall–Kier alpha value is -3.43. The maximum absolute atomic E-state index is 12.7. The van der Waals surface area contributed by atoms with E-state index in [-0.39, 0.29) is 5.91 Å². The molecule has 1 amide bonds. The van der Waals surface area contributed by atoms with Crippen LogP contribution in [0.1, 0.15) is 22.3 Å². The van der Waals surface area contributed by atoms with E-state index >= 15 is 0 Å². The van der Waals surface area contributed by atoms with Crippen molar-refractivity contribution in [2.75, 3.05) is 37.6 Å².